The van der Waals surface area contributed by atoms with Gasteiger partial charge < -0.3 is 15.0 Å². The smallest absolute Gasteiger partial charge is 0.193 e. The van der Waals surface area contributed by atoms with Gasteiger partial charge in [-0.05, 0) is 50.8 Å². The Hall–Kier alpha value is -1.14. The van der Waals surface area contributed by atoms with Crippen LogP contribution in [-0.2, 0) is 11.2 Å². The van der Waals surface area contributed by atoms with Gasteiger partial charge in [-0.25, -0.2) is 4.39 Å². The van der Waals surface area contributed by atoms with Gasteiger partial charge in [0.1, 0.15) is 5.82 Å². The Kier molecular flexibility index (Phi) is 8.68. The summed E-state index contributed by atoms with van der Waals surface area (Å²) in [6.07, 6.45) is 2.69. The highest BCUT2D eigenvalue weighted by Crippen LogP contribution is 2.18. The summed E-state index contributed by atoms with van der Waals surface area (Å²) < 4.78 is 20.2. The van der Waals surface area contributed by atoms with E-state index in [1.54, 1.807) is 0 Å². The average molecular weight is 414 g/mol. The standard InChI is InChI=1S/C19H29BrFN3O/c1-3-22-19(24-11-9-15(13-24)14-25-4-2)23-10-5-6-16-7-8-17(20)12-18(16)21/h7-8,12,15H,3-6,9-11,13-14H2,1-2H3,(H,22,23). The molecule has 1 N–H and O–H groups in total. The van der Waals surface area contributed by atoms with Gasteiger partial charge in [0.15, 0.2) is 5.96 Å². The average Bonchev–Trinajstić information content (AvgIpc) is 3.06. The van der Waals surface area contributed by atoms with Crippen molar-refractivity contribution >= 4 is 21.9 Å². The molecule has 1 aromatic rings. The van der Waals surface area contributed by atoms with E-state index < -0.39 is 0 Å². The Morgan fingerprint density at radius 2 is 2.28 bits per heavy atom. The van der Waals surface area contributed by atoms with Crippen LogP contribution < -0.4 is 5.32 Å². The predicted molar refractivity (Wildman–Crippen MR) is 105 cm³/mol. The fourth-order valence-electron chi connectivity index (χ4n) is 3.05. The van der Waals surface area contributed by atoms with E-state index in [1.165, 1.54) is 6.07 Å². The van der Waals surface area contributed by atoms with E-state index in [2.05, 4.69) is 33.1 Å². The summed E-state index contributed by atoms with van der Waals surface area (Å²) in [4.78, 5) is 7.04. The lowest BCUT2D eigenvalue weighted by molar-refractivity contribution is 0.114. The monoisotopic (exact) mass is 413 g/mol. The number of nitrogens with one attached hydrogen (secondary N) is 1. The molecule has 1 aromatic carbocycles. The van der Waals surface area contributed by atoms with Crippen LogP contribution in [0.3, 0.4) is 0 Å². The molecule has 1 atom stereocenters. The van der Waals surface area contributed by atoms with Gasteiger partial charge in [-0.2, -0.15) is 0 Å². The Labute approximate surface area is 159 Å². The van der Waals surface area contributed by atoms with Crippen LogP contribution in [0.15, 0.2) is 27.7 Å². The SMILES string of the molecule is CCNC(=NCCCc1ccc(Br)cc1F)N1CCC(COCC)C1. The first kappa shape index (κ1) is 20.2. The first-order valence-corrected chi connectivity index (χ1v) is 9.98. The quantitative estimate of drug-likeness (QED) is 0.399. The number of hydrogen-bond acceptors (Lipinski definition) is 2. The maximum absolute atomic E-state index is 13.8. The molecule has 140 valence electrons. The lowest BCUT2D eigenvalue weighted by Gasteiger charge is -2.21. The van der Waals surface area contributed by atoms with E-state index in [0.717, 1.165) is 61.7 Å². The van der Waals surface area contributed by atoms with Crippen molar-refractivity contribution < 1.29 is 9.13 Å². The minimum absolute atomic E-state index is 0.149. The van der Waals surface area contributed by atoms with Crippen molar-refractivity contribution in [2.45, 2.75) is 33.1 Å². The summed E-state index contributed by atoms with van der Waals surface area (Å²) in [7, 11) is 0. The number of benzene rings is 1. The van der Waals surface area contributed by atoms with Gasteiger partial charge in [0.2, 0.25) is 0 Å². The third-order valence-corrected chi connectivity index (χ3v) is 4.85. The van der Waals surface area contributed by atoms with E-state index in [4.69, 9.17) is 9.73 Å². The summed E-state index contributed by atoms with van der Waals surface area (Å²) in [5.74, 6) is 1.40. The molecule has 0 radical (unpaired) electrons. The van der Waals surface area contributed by atoms with Crippen molar-refractivity contribution in [3.05, 3.63) is 34.1 Å². The zero-order chi connectivity index (χ0) is 18.1. The van der Waals surface area contributed by atoms with Gasteiger partial charge >= 0.3 is 0 Å². The fraction of sp³-hybridized carbons (Fsp3) is 0.632. The molecule has 1 heterocycles. The number of aliphatic imine (C=N–C) groups is 1. The second kappa shape index (κ2) is 10.8. The molecule has 0 saturated carbocycles. The number of ether oxygens (including phenoxy) is 1. The molecule has 0 bridgehead atoms. The molecule has 1 aliphatic rings. The van der Waals surface area contributed by atoms with E-state index in [9.17, 15) is 4.39 Å². The first-order valence-electron chi connectivity index (χ1n) is 9.19. The summed E-state index contributed by atoms with van der Waals surface area (Å²) in [6.45, 7) is 9.29. The maximum atomic E-state index is 13.8. The van der Waals surface area contributed by atoms with Crippen LogP contribution in [-0.4, -0.2) is 50.3 Å². The third-order valence-electron chi connectivity index (χ3n) is 4.36. The van der Waals surface area contributed by atoms with Crippen LogP contribution in [0.4, 0.5) is 4.39 Å². The fourth-order valence-corrected chi connectivity index (χ4v) is 3.38. The largest absolute Gasteiger partial charge is 0.381 e. The van der Waals surface area contributed by atoms with E-state index in [1.807, 2.05) is 19.1 Å². The number of aryl methyl sites for hydroxylation is 1. The lowest BCUT2D eigenvalue weighted by atomic mass is 10.1. The molecule has 2 rings (SSSR count). The minimum atomic E-state index is -0.149. The van der Waals surface area contributed by atoms with Crippen molar-refractivity contribution in [2.75, 3.05) is 39.4 Å². The molecule has 1 saturated heterocycles. The van der Waals surface area contributed by atoms with E-state index >= 15 is 0 Å². The molecule has 0 spiro atoms. The maximum Gasteiger partial charge on any atom is 0.193 e. The summed E-state index contributed by atoms with van der Waals surface area (Å²) in [5, 5.41) is 3.37. The summed E-state index contributed by atoms with van der Waals surface area (Å²) in [6, 6.07) is 5.24. The second-order valence-electron chi connectivity index (χ2n) is 6.34. The predicted octanol–water partition coefficient (Wildman–Crippen LogP) is 3.84. The molecule has 6 heteroatoms. The Morgan fingerprint density at radius 3 is 3.00 bits per heavy atom. The molecule has 25 heavy (non-hydrogen) atoms. The van der Waals surface area contributed by atoms with Crippen LogP contribution in [0.2, 0.25) is 0 Å². The highest BCUT2D eigenvalue weighted by atomic mass is 79.9. The van der Waals surface area contributed by atoms with Crippen LogP contribution in [0.1, 0.15) is 32.3 Å². The Morgan fingerprint density at radius 1 is 1.44 bits per heavy atom. The second-order valence-corrected chi connectivity index (χ2v) is 7.25. The molecule has 0 aliphatic carbocycles. The molecular weight excluding hydrogens is 385 g/mol. The number of hydrogen-bond donors (Lipinski definition) is 1. The Balaban J connectivity index is 1.83. The van der Waals surface area contributed by atoms with Gasteiger partial charge in [0, 0.05) is 43.2 Å². The first-order chi connectivity index (χ1) is 12.1. The highest BCUT2D eigenvalue weighted by Gasteiger charge is 2.24. The number of likely N-dealkylation sites (tertiary alicyclic amines) is 1. The van der Waals surface area contributed by atoms with E-state index in [0.29, 0.717) is 18.9 Å². The molecule has 4 nitrogen and oxygen atoms in total. The zero-order valence-corrected chi connectivity index (χ0v) is 16.8. The number of rotatable bonds is 8. The van der Waals surface area contributed by atoms with Crippen LogP contribution in [0.25, 0.3) is 0 Å². The normalized spacial score (nSPS) is 18.0. The van der Waals surface area contributed by atoms with Crippen molar-refractivity contribution in [1.29, 1.82) is 0 Å². The minimum Gasteiger partial charge on any atom is -0.381 e. The Bertz CT molecular complexity index is 568. The van der Waals surface area contributed by atoms with Crippen LogP contribution in [0.5, 0.6) is 0 Å². The highest BCUT2D eigenvalue weighted by molar-refractivity contribution is 9.10. The van der Waals surface area contributed by atoms with E-state index in [-0.39, 0.29) is 5.82 Å². The molecule has 1 aliphatic heterocycles. The zero-order valence-electron chi connectivity index (χ0n) is 15.2. The van der Waals surface area contributed by atoms with Gasteiger partial charge in [0.25, 0.3) is 0 Å². The van der Waals surface area contributed by atoms with Crippen LogP contribution in [0, 0.1) is 11.7 Å². The van der Waals surface area contributed by atoms with Gasteiger partial charge in [-0.15, -0.1) is 0 Å². The van der Waals surface area contributed by atoms with Gasteiger partial charge in [0.05, 0.1) is 6.61 Å². The number of guanidine groups is 1. The summed E-state index contributed by atoms with van der Waals surface area (Å²) in [5.41, 5.74) is 0.751. The molecule has 0 aromatic heterocycles. The van der Waals surface area contributed by atoms with Crippen molar-refractivity contribution in [2.24, 2.45) is 10.9 Å². The topological polar surface area (TPSA) is 36.9 Å². The van der Waals surface area contributed by atoms with Gasteiger partial charge in [-0.3, -0.25) is 4.99 Å². The lowest BCUT2D eigenvalue weighted by Crippen LogP contribution is -2.40. The molecule has 1 unspecified atom stereocenters. The molecule has 1 fully saturated rings. The summed E-state index contributed by atoms with van der Waals surface area (Å²) >= 11 is 3.29. The van der Waals surface area contributed by atoms with Crippen molar-refractivity contribution in [1.82, 2.24) is 10.2 Å². The number of halogens is 2. The molecule has 0 amide bonds. The van der Waals surface area contributed by atoms with Crippen molar-refractivity contribution in [3.63, 3.8) is 0 Å². The third kappa shape index (κ3) is 6.59. The molecular formula is C19H29BrFN3O. The van der Waals surface area contributed by atoms with Crippen molar-refractivity contribution in [3.8, 4) is 0 Å². The number of nitrogens with zero attached hydrogens (tertiary/aromatic N) is 2. The van der Waals surface area contributed by atoms with Crippen LogP contribution >= 0.6 is 15.9 Å². The van der Waals surface area contributed by atoms with Gasteiger partial charge in [-0.1, -0.05) is 22.0 Å².